The molecule has 0 spiro atoms. The number of rotatable bonds is 3. The number of benzene rings is 2. The van der Waals surface area contributed by atoms with E-state index < -0.39 is 10.0 Å². The van der Waals surface area contributed by atoms with Crippen LogP contribution in [0.1, 0.15) is 24.0 Å². The van der Waals surface area contributed by atoms with Gasteiger partial charge in [0.1, 0.15) is 11.9 Å². The van der Waals surface area contributed by atoms with Crippen LogP contribution in [0, 0.1) is 6.92 Å². The summed E-state index contributed by atoms with van der Waals surface area (Å²) in [6.45, 7) is 3.53. The van der Waals surface area contributed by atoms with Crippen molar-refractivity contribution in [1.82, 2.24) is 0 Å². The van der Waals surface area contributed by atoms with Crippen molar-refractivity contribution in [2.24, 2.45) is 0 Å². The maximum absolute atomic E-state index is 12.0. The fraction of sp³-hybridized carbons (Fsp3) is 0.400. The van der Waals surface area contributed by atoms with E-state index in [1.54, 1.807) is 0 Å². The van der Waals surface area contributed by atoms with Crippen LogP contribution in [-0.4, -0.2) is 33.5 Å². The first-order valence-corrected chi connectivity index (χ1v) is 10.6. The molecule has 0 atom stereocenters. The van der Waals surface area contributed by atoms with E-state index in [1.165, 1.54) is 0 Å². The van der Waals surface area contributed by atoms with Crippen molar-refractivity contribution in [3.8, 4) is 16.9 Å². The van der Waals surface area contributed by atoms with Gasteiger partial charge < -0.3 is 9.47 Å². The summed E-state index contributed by atoms with van der Waals surface area (Å²) in [4.78, 5) is 0. The van der Waals surface area contributed by atoms with Crippen LogP contribution < -0.4 is 9.46 Å². The molecule has 1 saturated heterocycles. The quantitative estimate of drug-likeness (QED) is 0.894. The maximum atomic E-state index is 12.0. The van der Waals surface area contributed by atoms with Crippen LogP contribution in [-0.2, 0) is 21.2 Å². The van der Waals surface area contributed by atoms with Gasteiger partial charge in [-0.3, -0.25) is 4.72 Å². The summed E-state index contributed by atoms with van der Waals surface area (Å²) in [5.41, 5.74) is 4.79. The molecule has 1 N–H and O–H groups in total. The second-order valence-electron chi connectivity index (χ2n) is 6.97. The molecule has 0 amide bonds. The third-order valence-electron chi connectivity index (χ3n) is 4.90. The first-order chi connectivity index (χ1) is 12.5. The first-order valence-electron chi connectivity index (χ1n) is 8.99. The second-order valence-corrected chi connectivity index (χ2v) is 8.81. The lowest BCUT2D eigenvalue weighted by Crippen LogP contribution is -2.25. The van der Waals surface area contributed by atoms with Crippen molar-refractivity contribution in [1.29, 1.82) is 0 Å². The van der Waals surface area contributed by atoms with Gasteiger partial charge in [-0.25, -0.2) is 8.42 Å². The Kier molecular flexibility index (Phi) is 4.63. The third kappa shape index (κ3) is 3.71. The molecular weight excluding hydrogens is 350 g/mol. The van der Waals surface area contributed by atoms with Gasteiger partial charge in [-0.05, 0) is 42.7 Å². The molecular formula is C20H23NO4S. The van der Waals surface area contributed by atoms with Gasteiger partial charge in [-0.1, -0.05) is 23.8 Å². The Morgan fingerprint density at radius 3 is 2.58 bits per heavy atom. The number of ether oxygens (including phenoxy) is 2. The maximum Gasteiger partial charge on any atom is 0.233 e. The van der Waals surface area contributed by atoms with Gasteiger partial charge in [0.15, 0.2) is 0 Å². The Morgan fingerprint density at radius 1 is 1.12 bits per heavy atom. The van der Waals surface area contributed by atoms with E-state index in [4.69, 9.17) is 9.47 Å². The van der Waals surface area contributed by atoms with E-state index in [2.05, 4.69) is 10.8 Å². The number of hydrogen-bond acceptors (Lipinski definition) is 4. The van der Waals surface area contributed by atoms with Crippen LogP contribution in [0.4, 0.5) is 5.69 Å². The first kappa shape index (κ1) is 17.4. The van der Waals surface area contributed by atoms with Crippen molar-refractivity contribution in [2.45, 2.75) is 32.3 Å². The molecule has 0 radical (unpaired) electrons. The largest absolute Gasteiger partial charge is 0.490 e. The van der Waals surface area contributed by atoms with Gasteiger partial charge in [0.25, 0.3) is 0 Å². The van der Waals surface area contributed by atoms with Crippen molar-refractivity contribution in [3.05, 3.63) is 47.5 Å². The Balaban J connectivity index is 1.62. The van der Waals surface area contributed by atoms with Crippen molar-refractivity contribution < 1.29 is 17.9 Å². The number of hydrogen-bond donors (Lipinski definition) is 1. The van der Waals surface area contributed by atoms with E-state index >= 15 is 0 Å². The molecule has 138 valence electrons. The molecule has 1 fully saturated rings. The van der Waals surface area contributed by atoms with Gasteiger partial charge in [0, 0.05) is 18.4 Å². The standard InChI is InChI=1S/C20H23NO4S/c1-14-12-16-8-11-26(22,23)21-20(16)19(13-14)15-2-4-17(5-3-15)25-18-6-9-24-10-7-18/h2-5,12-13,18,21H,6-11H2,1H3. The monoisotopic (exact) mass is 373 g/mol. The highest BCUT2D eigenvalue weighted by molar-refractivity contribution is 7.92. The molecule has 5 nitrogen and oxygen atoms in total. The van der Waals surface area contributed by atoms with Gasteiger partial charge in [0.05, 0.1) is 24.7 Å². The summed E-state index contributed by atoms with van der Waals surface area (Å²) in [6, 6.07) is 12.0. The van der Waals surface area contributed by atoms with Crippen molar-refractivity contribution in [2.75, 3.05) is 23.7 Å². The average molecular weight is 373 g/mol. The summed E-state index contributed by atoms with van der Waals surface area (Å²) in [6.07, 6.45) is 2.57. The Hall–Kier alpha value is -2.05. The average Bonchev–Trinajstić information content (AvgIpc) is 2.63. The highest BCUT2D eigenvalue weighted by Gasteiger charge is 2.23. The fourth-order valence-electron chi connectivity index (χ4n) is 3.56. The predicted octanol–water partition coefficient (Wildman–Crippen LogP) is 3.52. The Bertz CT molecular complexity index is 900. The van der Waals surface area contributed by atoms with E-state index in [0.29, 0.717) is 12.1 Å². The summed E-state index contributed by atoms with van der Waals surface area (Å²) in [7, 11) is -3.25. The zero-order valence-corrected chi connectivity index (χ0v) is 15.6. The van der Waals surface area contributed by atoms with Gasteiger partial charge in [-0.15, -0.1) is 0 Å². The molecule has 0 unspecified atom stereocenters. The predicted molar refractivity (Wildman–Crippen MR) is 102 cm³/mol. The molecule has 26 heavy (non-hydrogen) atoms. The Labute approximate surface area is 154 Å². The van der Waals surface area contributed by atoms with Crippen LogP contribution >= 0.6 is 0 Å². The molecule has 2 aliphatic rings. The highest BCUT2D eigenvalue weighted by Crippen LogP contribution is 2.36. The molecule has 0 aliphatic carbocycles. The molecule has 0 aromatic heterocycles. The topological polar surface area (TPSA) is 64.6 Å². The van der Waals surface area contributed by atoms with Crippen molar-refractivity contribution >= 4 is 15.7 Å². The van der Waals surface area contributed by atoms with Crippen LogP contribution in [0.3, 0.4) is 0 Å². The zero-order valence-electron chi connectivity index (χ0n) is 14.8. The van der Waals surface area contributed by atoms with Crippen molar-refractivity contribution in [3.63, 3.8) is 0 Å². The number of nitrogens with one attached hydrogen (secondary N) is 1. The molecule has 0 bridgehead atoms. The normalized spacial score (nSPS) is 19.4. The fourth-order valence-corrected chi connectivity index (χ4v) is 4.70. The van der Waals surface area contributed by atoms with Crippen LogP contribution in [0.2, 0.25) is 0 Å². The van der Waals surface area contributed by atoms with Gasteiger partial charge >= 0.3 is 0 Å². The molecule has 2 aliphatic heterocycles. The summed E-state index contributed by atoms with van der Waals surface area (Å²) >= 11 is 0. The SMILES string of the molecule is Cc1cc2c(c(-c3ccc(OC4CCOCC4)cc3)c1)NS(=O)(=O)CC2. The molecule has 6 heteroatoms. The highest BCUT2D eigenvalue weighted by atomic mass is 32.2. The lowest BCUT2D eigenvalue weighted by atomic mass is 9.96. The number of anilines is 1. The smallest absolute Gasteiger partial charge is 0.233 e. The molecule has 0 saturated carbocycles. The van der Waals surface area contributed by atoms with Gasteiger partial charge in [0.2, 0.25) is 10.0 Å². The lowest BCUT2D eigenvalue weighted by molar-refractivity contribution is 0.0256. The van der Waals surface area contributed by atoms with Crippen LogP contribution in [0.5, 0.6) is 5.75 Å². The minimum Gasteiger partial charge on any atom is -0.490 e. The van der Waals surface area contributed by atoms with Gasteiger partial charge in [-0.2, -0.15) is 0 Å². The summed E-state index contributed by atoms with van der Waals surface area (Å²) in [5, 5.41) is 0. The van der Waals surface area contributed by atoms with E-state index in [0.717, 1.165) is 54.1 Å². The number of fused-ring (bicyclic) bond motifs is 1. The minimum atomic E-state index is -3.25. The number of sulfonamides is 1. The van der Waals surface area contributed by atoms with E-state index in [-0.39, 0.29) is 11.9 Å². The van der Waals surface area contributed by atoms with E-state index in [1.807, 2.05) is 37.3 Å². The summed E-state index contributed by atoms with van der Waals surface area (Å²) in [5.74, 6) is 0.976. The molecule has 2 heterocycles. The van der Waals surface area contributed by atoms with Crippen LogP contribution in [0.15, 0.2) is 36.4 Å². The zero-order chi connectivity index (χ0) is 18.1. The summed E-state index contributed by atoms with van der Waals surface area (Å²) < 4.78 is 38.2. The molecule has 4 rings (SSSR count). The molecule has 2 aromatic carbocycles. The third-order valence-corrected chi connectivity index (χ3v) is 6.16. The molecule has 2 aromatic rings. The minimum absolute atomic E-state index is 0.140. The lowest BCUT2D eigenvalue weighted by Gasteiger charge is -2.24. The second kappa shape index (κ2) is 6.93. The Morgan fingerprint density at radius 2 is 1.85 bits per heavy atom. The van der Waals surface area contributed by atoms with Crippen LogP contribution in [0.25, 0.3) is 11.1 Å². The van der Waals surface area contributed by atoms with E-state index in [9.17, 15) is 8.42 Å². The number of aryl methyl sites for hydroxylation is 2.